The molecule has 96 valence electrons. The van der Waals surface area contributed by atoms with Crippen LogP contribution in [0.5, 0.6) is 0 Å². The van der Waals surface area contributed by atoms with Gasteiger partial charge in [-0.3, -0.25) is 4.79 Å². The van der Waals surface area contributed by atoms with E-state index in [0.717, 1.165) is 32.2 Å². The Hall–Kier alpha value is -1.04. The number of amides is 1. The fourth-order valence-corrected chi connectivity index (χ4v) is 1.99. The highest BCUT2D eigenvalue weighted by Crippen LogP contribution is 2.29. The van der Waals surface area contributed by atoms with Gasteiger partial charge < -0.3 is 4.90 Å². The number of nitriles is 1. The van der Waals surface area contributed by atoms with E-state index in [4.69, 9.17) is 5.26 Å². The highest BCUT2D eigenvalue weighted by Gasteiger charge is 2.35. The normalized spacial score (nSPS) is 16.6. The van der Waals surface area contributed by atoms with E-state index in [9.17, 15) is 4.79 Å². The Bertz CT molecular complexity index is 289. The summed E-state index contributed by atoms with van der Waals surface area (Å²) in [6.07, 6.45) is 4.86. The van der Waals surface area contributed by atoms with E-state index in [2.05, 4.69) is 19.9 Å². The Morgan fingerprint density at radius 1 is 1.41 bits per heavy atom. The molecular formula is C14H24N2O. The zero-order chi connectivity index (χ0) is 12.8. The third-order valence-corrected chi connectivity index (χ3v) is 3.25. The second-order valence-corrected chi connectivity index (χ2v) is 5.42. The number of hydrogen-bond acceptors (Lipinski definition) is 2. The van der Waals surface area contributed by atoms with Gasteiger partial charge in [0.1, 0.15) is 5.92 Å². The van der Waals surface area contributed by atoms with Gasteiger partial charge in [0.15, 0.2) is 0 Å². The summed E-state index contributed by atoms with van der Waals surface area (Å²) >= 11 is 0. The van der Waals surface area contributed by atoms with Gasteiger partial charge in [-0.25, -0.2) is 0 Å². The van der Waals surface area contributed by atoms with Gasteiger partial charge in [-0.1, -0.05) is 27.2 Å². The molecule has 17 heavy (non-hydrogen) atoms. The molecule has 1 amide bonds. The van der Waals surface area contributed by atoms with Crippen LogP contribution in [0.15, 0.2) is 0 Å². The Balaban J connectivity index is 2.56. The fraction of sp³-hybridized carbons (Fsp3) is 0.857. The summed E-state index contributed by atoms with van der Waals surface area (Å²) in [5, 5.41) is 9.06. The maximum Gasteiger partial charge on any atom is 0.240 e. The topological polar surface area (TPSA) is 44.1 Å². The summed E-state index contributed by atoms with van der Waals surface area (Å²) in [5.41, 5.74) is 0. The minimum atomic E-state index is -0.423. The molecule has 0 radical (unpaired) electrons. The van der Waals surface area contributed by atoms with E-state index in [1.807, 2.05) is 11.8 Å². The second kappa shape index (κ2) is 6.64. The molecule has 1 atom stereocenters. The van der Waals surface area contributed by atoms with E-state index in [0.29, 0.717) is 18.4 Å². The predicted molar refractivity (Wildman–Crippen MR) is 68.2 cm³/mol. The van der Waals surface area contributed by atoms with Gasteiger partial charge in [-0.2, -0.15) is 5.26 Å². The third kappa shape index (κ3) is 4.38. The molecule has 0 N–H and O–H groups in total. The molecule has 1 unspecified atom stereocenters. The van der Waals surface area contributed by atoms with Gasteiger partial charge in [0.05, 0.1) is 6.07 Å². The van der Waals surface area contributed by atoms with Crippen LogP contribution in [-0.2, 0) is 4.79 Å². The SMILES string of the molecule is CCCC(C#N)C(=O)N(CCC(C)C)C1CC1. The quantitative estimate of drug-likeness (QED) is 0.682. The first-order chi connectivity index (χ1) is 8.10. The minimum Gasteiger partial charge on any atom is -0.339 e. The van der Waals surface area contributed by atoms with Crippen LogP contribution in [-0.4, -0.2) is 23.4 Å². The standard InChI is InChI=1S/C14H24N2O/c1-4-5-12(10-15)14(17)16(13-6-7-13)9-8-11(2)3/h11-13H,4-9H2,1-3H3. The minimum absolute atomic E-state index is 0.0671. The number of rotatable bonds is 7. The Morgan fingerprint density at radius 3 is 2.47 bits per heavy atom. The van der Waals surface area contributed by atoms with Gasteiger partial charge >= 0.3 is 0 Å². The van der Waals surface area contributed by atoms with Gasteiger partial charge in [0.25, 0.3) is 0 Å². The van der Waals surface area contributed by atoms with Crippen LogP contribution in [0.25, 0.3) is 0 Å². The van der Waals surface area contributed by atoms with Crippen LogP contribution in [0.2, 0.25) is 0 Å². The van der Waals surface area contributed by atoms with E-state index in [1.165, 1.54) is 0 Å². The molecule has 0 aromatic carbocycles. The van der Waals surface area contributed by atoms with Crippen LogP contribution in [0.1, 0.15) is 52.9 Å². The van der Waals surface area contributed by atoms with E-state index >= 15 is 0 Å². The van der Waals surface area contributed by atoms with Crippen molar-refractivity contribution in [2.75, 3.05) is 6.54 Å². The van der Waals surface area contributed by atoms with Gasteiger partial charge in [-0.05, 0) is 31.6 Å². The molecule has 0 bridgehead atoms. The molecule has 0 spiro atoms. The van der Waals surface area contributed by atoms with Crippen molar-refractivity contribution in [3.8, 4) is 6.07 Å². The largest absolute Gasteiger partial charge is 0.339 e. The summed E-state index contributed by atoms with van der Waals surface area (Å²) in [7, 11) is 0. The van der Waals surface area contributed by atoms with Crippen LogP contribution in [0.4, 0.5) is 0 Å². The molecule has 0 aromatic rings. The zero-order valence-corrected chi connectivity index (χ0v) is 11.3. The van der Waals surface area contributed by atoms with Gasteiger partial charge in [-0.15, -0.1) is 0 Å². The van der Waals surface area contributed by atoms with Crippen LogP contribution < -0.4 is 0 Å². The van der Waals surface area contributed by atoms with Crippen molar-refractivity contribution >= 4 is 5.91 Å². The molecule has 0 aliphatic heterocycles. The monoisotopic (exact) mass is 236 g/mol. The molecule has 1 aliphatic carbocycles. The first kappa shape index (κ1) is 14.0. The van der Waals surface area contributed by atoms with Crippen LogP contribution in [0.3, 0.4) is 0 Å². The number of carbonyl (C=O) groups is 1. The molecule has 3 heteroatoms. The van der Waals surface area contributed by atoms with Crippen LogP contribution >= 0.6 is 0 Å². The smallest absolute Gasteiger partial charge is 0.240 e. The van der Waals surface area contributed by atoms with Gasteiger partial charge in [0, 0.05) is 12.6 Å². The number of nitrogens with zero attached hydrogens (tertiary/aromatic N) is 2. The summed E-state index contributed by atoms with van der Waals surface area (Å²) in [6, 6.07) is 2.59. The molecule has 1 rings (SSSR count). The van der Waals surface area contributed by atoms with Crippen molar-refractivity contribution < 1.29 is 4.79 Å². The van der Waals surface area contributed by atoms with E-state index in [-0.39, 0.29) is 5.91 Å². The lowest BCUT2D eigenvalue weighted by Gasteiger charge is -2.25. The van der Waals surface area contributed by atoms with Crippen molar-refractivity contribution in [2.45, 2.75) is 58.9 Å². The first-order valence-electron chi connectivity index (χ1n) is 6.80. The predicted octanol–water partition coefficient (Wildman–Crippen LogP) is 2.96. The Labute approximate surface area is 105 Å². The van der Waals surface area contributed by atoms with E-state index < -0.39 is 5.92 Å². The highest BCUT2D eigenvalue weighted by molar-refractivity contribution is 5.81. The summed E-state index contributed by atoms with van der Waals surface area (Å²) in [4.78, 5) is 14.2. The van der Waals surface area contributed by atoms with Crippen molar-refractivity contribution in [1.82, 2.24) is 4.90 Å². The summed E-state index contributed by atoms with van der Waals surface area (Å²) < 4.78 is 0. The molecule has 3 nitrogen and oxygen atoms in total. The fourth-order valence-electron chi connectivity index (χ4n) is 1.99. The number of carbonyl (C=O) groups excluding carboxylic acids is 1. The summed E-state index contributed by atoms with van der Waals surface area (Å²) in [5.74, 6) is 0.251. The molecular weight excluding hydrogens is 212 g/mol. The Morgan fingerprint density at radius 2 is 2.06 bits per heavy atom. The molecule has 1 saturated carbocycles. The molecule has 1 aliphatic rings. The maximum atomic E-state index is 12.3. The molecule has 0 heterocycles. The maximum absolute atomic E-state index is 12.3. The lowest BCUT2D eigenvalue weighted by Crippen LogP contribution is -2.38. The van der Waals surface area contributed by atoms with E-state index in [1.54, 1.807) is 0 Å². The Kier molecular flexibility index (Phi) is 5.47. The van der Waals surface area contributed by atoms with Crippen molar-refractivity contribution in [3.63, 3.8) is 0 Å². The average molecular weight is 236 g/mol. The molecule has 1 fully saturated rings. The molecule has 0 saturated heterocycles. The average Bonchev–Trinajstić information content (AvgIpc) is 3.09. The second-order valence-electron chi connectivity index (χ2n) is 5.42. The number of hydrogen-bond donors (Lipinski definition) is 0. The first-order valence-corrected chi connectivity index (χ1v) is 6.80. The lowest BCUT2D eigenvalue weighted by molar-refractivity contribution is -0.134. The zero-order valence-electron chi connectivity index (χ0n) is 11.3. The van der Waals surface area contributed by atoms with Crippen molar-refractivity contribution in [2.24, 2.45) is 11.8 Å². The molecule has 0 aromatic heterocycles. The van der Waals surface area contributed by atoms with Crippen LogP contribution in [0, 0.1) is 23.2 Å². The van der Waals surface area contributed by atoms with Crippen molar-refractivity contribution in [1.29, 1.82) is 5.26 Å². The summed E-state index contributed by atoms with van der Waals surface area (Å²) in [6.45, 7) is 7.18. The van der Waals surface area contributed by atoms with Gasteiger partial charge in [0.2, 0.25) is 5.91 Å². The third-order valence-electron chi connectivity index (χ3n) is 3.25. The highest BCUT2D eigenvalue weighted by atomic mass is 16.2. The lowest BCUT2D eigenvalue weighted by atomic mass is 10.0. The van der Waals surface area contributed by atoms with Crippen molar-refractivity contribution in [3.05, 3.63) is 0 Å².